The number of carbonyl (C=O) groups excluding carboxylic acids is 2. The largest absolute Gasteiger partial charge is 0.496 e. The zero-order valence-corrected chi connectivity index (χ0v) is 13.6. The number of sulfonamides is 1. The summed E-state index contributed by atoms with van der Waals surface area (Å²) in [5, 5.41) is 2.08. The van der Waals surface area contributed by atoms with Crippen LogP contribution in [-0.2, 0) is 19.6 Å². The minimum absolute atomic E-state index is 0.0966. The molecule has 122 valence electrons. The van der Waals surface area contributed by atoms with Gasteiger partial charge in [0.2, 0.25) is 0 Å². The molecule has 2 rings (SSSR count). The van der Waals surface area contributed by atoms with Crippen molar-refractivity contribution in [2.75, 3.05) is 7.11 Å². The van der Waals surface area contributed by atoms with Crippen LogP contribution in [0.25, 0.3) is 0 Å². The molecule has 1 aromatic rings. The number of halogens is 1. The molecule has 0 saturated carbocycles. The van der Waals surface area contributed by atoms with E-state index < -0.39 is 26.2 Å². The Labute approximate surface area is 136 Å². The second-order valence-corrected chi connectivity index (χ2v) is 6.53. The summed E-state index contributed by atoms with van der Waals surface area (Å²) in [6, 6.07) is 1.27. The van der Waals surface area contributed by atoms with Gasteiger partial charge < -0.3 is 9.26 Å². The summed E-state index contributed by atoms with van der Waals surface area (Å²) in [4.78, 5) is 22.3. The van der Waals surface area contributed by atoms with Crippen molar-refractivity contribution in [3.63, 3.8) is 0 Å². The number of nitrogens with one attached hydrogen (secondary N) is 1. The fraction of sp³-hybridized carbons (Fsp3) is 0.231. The van der Waals surface area contributed by atoms with Crippen LogP contribution in [0, 0.1) is 6.92 Å². The van der Waals surface area contributed by atoms with Crippen molar-refractivity contribution in [3.05, 3.63) is 45.9 Å². The number of hydrogen-bond acceptors (Lipinski definition) is 7. The first-order valence-corrected chi connectivity index (χ1v) is 8.08. The number of amides is 1. The van der Waals surface area contributed by atoms with Crippen molar-refractivity contribution in [2.24, 2.45) is 0 Å². The molecule has 10 heteroatoms. The Kier molecular flexibility index (Phi) is 4.74. The molecule has 0 spiro atoms. The Hall–Kier alpha value is -2.35. The number of nitrogens with zero attached hydrogens (tertiary/aromatic N) is 1. The van der Waals surface area contributed by atoms with Crippen LogP contribution in [0.15, 0.2) is 39.0 Å². The quantitative estimate of drug-likeness (QED) is 0.626. The lowest BCUT2D eigenvalue weighted by Gasteiger charge is -2.20. The molecule has 0 radical (unpaired) electrons. The van der Waals surface area contributed by atoms with Gasteiger partial charge in [-0.2, -0.15) is 0 Å². The molecule has 1 unspecified atom stereocenters. The van der Waals surface area contributed by atoms with Crippen LogP contribution in [-0.4, -0.2) is 37.9 Å². The monoisotopic (exact) mass is 358 g/mol. The van der Waals surface area contributed by atoms with Crippen LogP contribution >= 0.6 is 11.6 Å². The minimum Gasteiger partial charge on any atom is -0.496 e. The van der Waals surface area contributed by atoms with Crippen molar-refractivity contribution >= 4 is 33.5 Å². The normalized spacial score (nSPS) is 17.9. The highest BCUT2D eigenvalue weighted by atomic mass is 35.5. The lowest BCUT2D eigenvalue weighted by molar-refractivity contribution is 0.0973. The zero-order valence-electron chi connectivity index (χ0n) is 12.0. The first kappa shape index (κ1) is 17.0. The summed E-state index contributed by atoms with van der Waals surface area (Å²) in [7, 11) is -3.15. The summed E-state index contributed by atoms with van der Waals surface area (Å²) < 4.78 is 36.3. The molecule has 0 bridgehead atoms. The summed E-state index contributed by atoms with van der Waals surface area (Å²) in [5.74, 6) is 0.785. The minimum atomic E-state index is -4.38. The van der Waals surface area contributed by atoms with E-state index in [9.17, 15) is 18.0 Å². The Morgan fingerprint density at radius 2 is 2.17 bits per heavy atom. The number of alkyl halides is 1. The molecule has 1 aliphatic rings. The lowest BCUT2D eigenvalue weighted by Crippen LogP contribution is -2.36. The number of hydrogen-bond donors (Lipinski definition) is 1. The molecule has 1 atom stereocenters. The third-order valence-electron chi connectivity index (χ3n) is 2.88. The van der Waals surface area contributed by atoms with Gasteiger partial charge in [0.25, 0.3) is 15.9 Å². The van der Waals surface area contributed by atoms with Crippen LogP contribution < -0.4 is 4.72 Å². The maximum atomic E-state index is 12.4. The zero-order chi connectivity index (χ0) is 17.2. The highest BCUT2D eigenvalue weighted by Crippen LogP contribution is 2.31. The second kappa shape index (κ2) is 6.41. The number of aromatic nitrogens is 1. The van der Waals surface area contributed by atoms with Gasteiger partial charge in [-0.25, -0.2) is 17.9 Å². The average molecular weight is 359 g/mol. The Morgan fingerprint density at radius 3 is 2.70 bits per heavy atom. The summed E-state index contributed by atoms with van der Waals surface area (Å²) in [6.07, 6.45) is 2.53. The van der Waals surface area contributed by atoms with E-state index in [2.05, 4.69) is 5.16 Å². The third kappa shape index (κ3) is 3.37. The second-order valence-electron chi connectivity index (χ2n) is 4.44. The molecule has 1 N–H and O–H groups in total. The molecule has 1 aromatic heterocycles. The van der Waals surface area contributed by atoms with Crippen LogP contribution in [0.4, 0.5) is 0 Å². The average Bonchev–Trinajstić information content (AvgIpc) is 2.92. The van der Waals surface area contributed by atoms with Gasteiger partial charge in [0.1, 0.15) is 27.7 Å². The van der Waals surface area contributed by atoms with E-state index in [0.29, 0.717) is 5.76 Å². The lowest BCUT2D eigenvalue weighted by atomic mass is 10.1. The van der Waals surface area contributed by atoms with Crippen molar-refractivity contribution in [2.45, 2.75) is 12.3 Å². The van der Waals surface area contributed by atoms with E-state index in [-0.39, 0.29) is 17.0 Å². The van der Waals surface area contributed by atoms with Gasteiger partial charge in [0.15, 0.2) is 5.69 Å². The Bertz CT molecular complexity index is 861. The number of rotatable bonds is 4. The van der Waals surface area contributed by atoms with Crippen LogP contribution in [0.5, 0.6) is 0 Å². The topological polar surface area (TPSA) is 116 Å². The van der Waals surface area contributed by atoms with Gasteiger partial charge in [0.05, 0.1) is 12.7 Å². The highest BCUT2D eigenvalue weighted by Gasteiger charge is 2.35. The van der Waals surface area contributed by atoms with Gasteiger partial charge in [-0.1, -0.05) is 5.16 Å². The van der Waals surface area contributed by atoms with E-state index in [0.717, 1.165) is 0 Å². The standard InChI is InChI=1S/C13H11ClN2O6S/c1-7-5-9(15-22-7)13(18)16-23(19,20)12-10(21-2)4-3-8(6-17)11(12)14/h3-5,11H,1-2H3,(H,16,18). The van der Waals surface area contributed by atoms with Gasteiger partial charge in [0, 0.05) is 6.07 Å². The molecule has 0 fully saturated rings. The van der Waals surface area contributed by atoms with Crippen molar-refractivity contribution in [3.8, 4) is 0 Å². The predicted octanol–water partition coefficient (Wildman–Crippen LogP) is 0.836. The van der Waals surface area contributed by atoms with Crippen LogP contribution in [0.2, 0.25) is 0 Å². The van der Waals surface area contributed by atoms with E-state index in [1.54, 1.807) is 17.6 Å². The summed E-state index contributed by atoms with van der Waals surface area (Å²) in [5.41, 5.74) is -0.313. The Morgan fingerprint density at radius 1 is 1.48 bits per heavy atom. The molecular formula is C13H11ClN2O6S. The predicted molar refractivity (Wildman–Crippen MR) is 79.6 cm³/mol. The van der Waals surface area contributed by atoms with Crippen LogP contribution in [0.1, 0.15) is 16.2 Å². The number of aryl methyl sites for hydroxylation is 1. The van der Waals surface area contributed by atoms with E-state index in [1.165, 1.54) is 25.3 Å². The fourth-order valence-electron chi connectivity index (χ4n) is 1.82. The molecule has 8 nitrogen and oxygen atoms in total. The molecule has 1 amide bonds. The first-order valence-electron chi connectivity index (χ1n) is 6.16. The van der Waals surface area contributed by atoms with Crippen LogP contribution in [0.3, 0.4) is 0 Å². The number of ether oxygens (including phenoxy) is 1. The van der Waals surface area contributed by atoms with E-state index in [4.69, 9.17) is 20.9 Å². The molecule has 1 aliphatic carbocycles. The maximum absolute atomic E-state index is 12.4. The Balaban J connectivity index is 2.40. The third-order valence-corrected chi connectivity index (χ3v) is 4.93. The van der Waals surface area contributed by atoms with Gasteiger partial charge in [-0.3, -0.25) is 4.79 Å². The van der Waals surface area contributed by atoms with Crippen molar-refractivity contribution in [1.82, 2.24) is 9.88 Å². The van der Waals surface area contributed by atoms with Gasteiger partial charge >= 0.3 is 0 Å². The number of allylic oxidation sites excluding steroid dienone is 4. The SMILES string of the molecule is COC1=C(S(=O)(=O)NC(=O)c2cc(C)on2)C(Cl)C(=C=O)C=C1. The number of carbonyl (C=O) groups is 1. The van der Waals surface area contributed by atoms with E-state index in [1.807, 2.05) is 0 Å². The molecule has 1 heterocycles. The molecule has 0 saturated heterocycles. The van der Waals surface area contributed by atoms with Crippen molar-refractivity contribution < 1.29 is 27.3 Å². The van der Waals surface area contributed by atoms with Gasteiger partial charge in [-0.05, 0) is 19.1 Å². The summed E-state index contributed by atoms with van der Waals surface area (Å²) in [6.45, 7) is 1.55. The molecule has 0 aromatic carbocycles. The van der Waals surface area contributed by atoms with Gasteiger partial charge in [-0.15, -0.1) is 11.6 Å². The molecule has 23 heavy (non-hydrogen) atoms. The van der Waals surface area contributed by atoms with Crippen molar-refractivity contribution in [1.29, 1.82) is 0 Å². The molecule has 0 aliphatic heterocycles. The molecular weight excluding hydrogens is 348 g/mol. The maximum Gasteiger partial charge on any atom is 0.287 e. The van der Waals surface area contributed by atoms with E-state index >= 15 is 0 Å². The summed E-state index contributed by atoms with van der Waals surface area (Å²) >= 11 is 5.99. The smallest absolute Gasteiger partial charge is 0.287 e. The first-order chi connectivity index (χ1) is 10.8. The highest BCUT2D eigenvalue weighted by molar-refractivity contribution is 7.94. The number of methoxy groups -OCH3 is 1. The fourth-order valence-corrected chi connectivity index (χ4v) is 3.67.